The number of carboxylic acid groups (broad SMARTS) is 1. The van der Waals surface area contributed by atoms with E-state index in [4.69, 9.17) is 9.84 Å². The van der Waals surface area contributed by atoms with Crippen LogP contribution < -0.4 is 14.4 Å². The lowest BCUT2D eigenvalue weighted by Crippen LogP contribution is -2.32. The van der Waals surface area contributed by atoms with E-state index in [0.717, 1.165) is 0 Å². The average Bonchev–Trinajstić information content (AvgIpc) is 3.11. The van der Waals surface area contributed by atoms with Crippen molar-refractivity contribution >= 4 is 11.7 Å². The van der Waals surface area contributed by atoms with Gasteiger partial charge in [0, 0.05) is 23.8 Å². The van der Waals surface area contributed by atoms with Gasteiger partial charge < -0.3 is 19.5 Å². The van der Waals surface area contributed by atoms with E-state index in [1.165, 1.54) is 23.1 Å². The Morgan fingerprint density at radius 2 is 1.81 bits per heavy atom. The van der Waals surface area contributed by atoms with Crippen LogP contribution in [0.2, 0.25) is 0 Å². The average molecular weight is 445 g/mol. The standard InChI is InChI=1S/C21H20F5NO4/c22-20(23)31-18-4-2-1-3-13(18)12-30-17-7-5-15(6-8-17)27-11-14(21(24,25)26)9-16(27)10-19(28)29/h1-8,14,16,20H,9-12H2,(H,28,29). The number of benzene rings is 2. The van der Waals surface area contributed by atoms with Crippen LogP contribution in [0.4, 0.5) is 27.6 Å². The molecule has 31 heavy (non-hydrogen) atoms. The molecule has 10 heteroatoms. The Kier molecular flexibility index (Phi) is 6.87. The van der Waals surface area contributed by atoms with Gasteiger partial charge in [-0.2, -0.15) is 22.0 Å². The van der Waals surface area contributed by atoms with Crippen LogP contribution in [0.5, 0.6) is 11.5 Å². The SMILES string of the molecule is O=C(O)CC1CC(C(F)(F)F)CN1c1ccc(OCc2ccccc2OC(F)F)cc1. The number of rotatable bonds is 8. The first-order chi connectivity index (χ1) is 14.6. The van der Waals surface area contributed by atoms with Gasteiger partial charge in [0.25, 0.3) is 0 Å². The number of carboxylic acids is 1. The summed E-state index contributed by atoms with van der Waals surface area (Å²) in [5, 5.41) is 9.04. The van der Waals surface area contributed by atoms with E-state index in [2.05, 4.69) is 4.74 Å². The Hall–Kier alpha value is -3.04. The molecule has 0 amide bonds. The molecule has 3 rings (SSSR count). The predicted octanol–water partition coefficient (Wildman–Crippen LogP) is 5.10. The maximum absolute atomic E-state index is 13.1. The molecule has 1 heterocycles. The molecule has 0 saturated carbocycles. The van der Waals surface area contributed by atoms with Crippen molar-refractivity contribution in [2.24, 2.45) is 5.92 Å². The smallest absolute Gasteiger partial charge is 0.393 e. The summed E-state index contributed by atoms with van der Waals surface area (Å²) in [6.07, 6.45) is -5.08. The molecule has 0 bridgehead atoms. The number of halogens is 5. The van der Waals surface area contributed by atoms with Gasteiger partial charge in [-0.15, -0.1) is 0 Å². The molecule has 1 saturated heterocycles. The molecule has 0 spiro atoms. The highest BCUT2D eigenvalue weighted by Crippen LogP contribution is 2.40. The first-order valence-electron chi connectivity index (χ1n) is 9.44. The fourth-order valence-electron chi connectivity index (χ4n) is 3.59. The monoisotopic (exact) mass is 445 g/mol. The zero-order valence-corrected chi connectivity index (χ0v) is 16.2. The highest BCUT2D eigenvalue weighted by atomic mass is 19.4. The number of para-hydroxylation sites is 1. The number of aliphatic carboxylic acids is 1. The molecule has 0 radical (unpaired) electrons. The van der Waals surface area contributed by atoms with Gasteiger partial charge in [-0.1, -0.05) is 18.2 Å². The summed E-state index contributed by atoms with van der Waals surface area (Å²) >= 11 is 0. The number of hydrogen-bond acceptors (Lipinski definition) is 4. The van der Waals surface area contributed by atoms with E-state index in [9.17, 15) is 26.7 Å². The van der Waals surface area contributed by atoms with E-state index >= 15 is 0 Å². The number of carbonyl (C=O) groups is 1. The quantitative estimate of drug-likeness (QED) is 0.573. The van der Waals surface area contributed by atoms with Crippen LogP contribution in [0, 0.1) is 5.92 Å². The molecular formula is C21H20F5NO4. The lowest BCUT2D eigenvalue weighted by atomic mass is 10.0. The van der Waals surface area contributed by atoms with E-state index in [0.29, 0.717) is 17.0 Å². The summed E-state index contributed by atoms with van der Waals surface area (Å²) in [5.41, 5.74) is 0.854. The molecule has 1 aliphatic heterocycles. The fraction of sp³-hybridized carbons (Fsp3) is 0.381. The van der Waals surface area contributed by atoms with E-state index in [1.54, 1.807) is 30.3 Å². The Bertz CT molecular complexity index is 888. The van der Waals surface area contributed by atoms with Crippen LogP contribution in [0.25, 0.3) is 0 Å². The first kappa shape index (κ1) is 22.6. The highest BCUT2D eigenvalue weighted by Gasteiger charge is 2.47. The molecule has 2 aromatic carbocycles. The molecule has 2 atom stereocenters. The normalized spacial score (nSPS) is 19.0. The zero-order valence-electron chi connectivity index (χ0n) is 16.2. The van der Waals surface area contributed by atoms with E-state index in [-0.39, 0.29) is 25.3 Å². The van der Waals surface area contributed by atoms with Crippen molar-refractivity contribution in [1.82, 2.24) is 0 Å². The van der Waals surface area contributed by atoms with Crippen LogP contribution in [-0.2, 0) is 11.4 Å². The van der Waals surface area contributed by atoms with Crippen molar-refractivity contribution in [2.75, 3.05) is 11.4 Å². The van der Waals surface area contributed by atoms with Crippen molar-refractivity contribution in [3.05, 3.63) is 54.1 Å². The number of nitrogens with zero attached hydrogens (tertiary/aromatic N) is 1. The van der Waals surface area contributed by atoms with Gasteiger partial charge in [0.2, 0.25) is 0 Å². The Labute approximate surface area is 175 Å². The zero-order chi connectivity index (χ0) is 22.6. The molecule has 0 aliphatic carbocycles. The molecule has 1 N–H and O–H groups in total. The summed E-state index contributed by atoms with van der Waals surface area (Å²) in [6, 6.07) is 11.5. The topological polar surface area (TPSA) is 59.0 Å². The summed E-state index contributed by atoms with van der Waals surface area (Å²) in [5.74, 6) is -2.40. The largest absolute Gasteiger partial charge is 0.489 e. The van der Waals surface area contributed by atoms with Gasteiger partial charge in [-0.3, -0.25) is 4.79 Å². The van der Waals surface area contributed by atoms with Gasteiger partial charge in [-0.05, 0) is 36.8 Å². The third-order valence-electron chi connectivity index (χ3n) is 5.04. The fourth-order valence-corrected chi connectivity index (χ4v) is 3.59. The summed E-state index contributed by atoms with van der Waals surface area (Å²) in [4.78, 5) is 12.5. The highest BCUT2D eigenvalue weighted by molar-refractivity contribution is 5.69. The second-order valence-corrected chi connectivity index (χ2v) is 7.15. The van der Waals surface area contributed by atoms with Gasteiger partial charge in [0.05, 0.1) is 12.3 Å². The van der Waals surface area contributed by atoms with Crippen LogP contribution in [0.15, 0.2) is 48.5 Å². The molecule has 2 aromatic rings. The van der Waals surface area contributed by atoms with Gasteiger partial charge in [0.1, 0.15) is 18.1 Å². The van der Waals surface area contributed by atoms with Crippen molar-refractivity contribution < 1.29 is 41.3 Å². The minimum atomic E-state index is -4.40. The molecule has 1 fully saturated rings. The maximum atomic E-state index is 13.1. The number of anilines is 1. The lowest BCUT2D eigenvalue weighted by Gasteiger charge is -2.26. The second kappa shape index (κ2) is 9.40. The van der Waals surface area contributed by atoms with Crippen molar-refractivity contribution in [1.29, 1.82) is 0 Å². The second-order valence-electron chi connectivity index (χ2n) is 7.15. The van der Waals surface area contributed by atoms with E-state index in [1.807, 2.05) is 0 Å². The first-order valence-corrected chi connectivity index (χ1v) is 9.44. The Balaban J connectivity index is 1.69. The summed E-state index contributed by atoms with van der Waals surface area (Å²) < 4.78 is 74.4. The van der Waals surface area contributed by atoms with Crippen LogP contribution in [0.3, 0.4) is 0 Å². The van der Waals surface area contributed by atoms with Gasteiger partial charge >= 0.3 is 18.8 Å². The predicted molar refractivity (Wildman–Crippen MR) is 101 cm³/mol. The number of alkyl halides is 5. The maximum Gasteiger partial charge on any atom is 0.393 e. The van der Waals surface area contributed by atoms with Crippen molar-refractivity contribution in [3.63, 3.8) is 0 Å². The van der Waals surface area contributed by atoms with Crippen molar-refractivity contribution in [3.8, 4) is 11.5 Å². The molecule has 168 valence electrons. The number of ether oxygens (including phenoxy) is 2. The van der Waals surface area contributed by atoms with Crippen LogP contribution >= 0.6 is 0 Å². The molecule has 0 aromatic heterocycles. The molecule has 2 unspecified atom stereocenters. The third-order valence-corrected chi connectivity index (χ3v) is 5.04. The number of hydrogen-bond donors (Lipinski definition) is 1. The molecule has 1 aliphatic rings. The van der Waals surface area contributed by atoms with Crippen LogP contribution in [0.1, 0.15) is 18.4 Å². The van der Waals surface area contributed by atoms with Crippen LogP contribution in [-0.4, -0.2) is 36.5 Å². The van der Waals surface area contributed by atoms with E-state index < -0.39 is 37.1 Å². The summed E-state index contributed by atoms with van der Waals surface area (Å²) in [7, 11) is 0. The van der Waals surface area contributed by atoms with Crippen molar-refractivity contribution in [2.45, 2.75) is 38.3 Å². The Morgan fingerprint density at radius 1 is 1.13 bits per heavy atom. The summed E-state index contributed by atoms with van der Waals surface area (Å²) in [6.45, 7) is -3.34. The molecule has 5 nitrogen and oxygen atoms in total. The Morgan fingerprint density at radius 3 is 2.42 bits per heavy atom. The lowest BCUT2D eigenvalue weighted by molar-refractivity contribution is -0.169. The minimum absolute atomic E-state index is 0.0131. The minimum Gasteiger partial charge on any atom is -0.489 e. The third kappa shape index (κ3) is 5.99. The van der Waals surface area contributed by atoms with Gasteiger partial charge in [0.15, 0.2) is 0 Å². The van der Waals surface area contributed by atoms with Gasteiger partial charge in [-0.25, -0.2) is 0 Å². The molecular weight excluding hydrogens is 425 g/mol.